The molecule has 1 saturated heterocycles. The van der Waals surface area contributed by atoms with E-state index in [4.69, 9.17) is 0 Å². The molecular weight excluding hydrogens is 272 g/mol. The molecule has 4 rings (SSSR count). The normalized spacial score (nSPS) is 21.0. The Morgan fingerprint density at radius 3 is 2.50 bits per heavy atom. The molecule has 0 radical (unpaired) electrons. The van der Waals surface area contributed by atoms with E-state index in [-0.39, 0.29) is 17.9 Å². The molecule has 0 spiro atoms. The number of anilines is 1. The molecule has 22 heavy (non-hydrogen) atoms. The van der Waals surface area contributed by atoms with Crippen LogP contribution in [0.25, 0.3) is 10.9 Å². The maximum Gasteiger partial charge on any atom is 0.236 e. The van der Waals surface area contributed by atoms with Crippen molar-refractivity contribution in [2.75, 3.05) is 4.90 Å². The summed E-state index contributed by atoms with van der Waals surface area (Å²) < 4.78 is 0. The van der Waals surface area contributed by atoms with Crippen LogP contribution in [0.15, 0.2) is 66.9 Å². The van der Waals surface area contributed by atoms with Crippen molar-refractivity contribution in [2.45, 2.75) is 18.9 Å². The van der Waals surface area contributed by atoms with Crippen LogP contribution >= 0.6 is 0 Å². The molecule has 2 aromatic carbocycles. The standard InChI is InChI=1S/C19H16N2O/c1-13-17(14-7-3-2-4-8-14)19(22)21(13)16-11-5-9-15-10-6-12-20-18(15)16/h2-13,17H,1H3/t13-,17+/m0/s1. The van der Waals surface area contributed by atoms with Gasteiger partial charge in [0.15, 0.2) is 0 Å². The number of nitrogens with zero attached hydrogens (tertiary/aromatic N) is 2. The van der Waals surface area contributed by atoms with Gasteiger partial charge in [-0.2, -0.15) is 0 Å². The Hall–Kier alpha value is -2.68. The van der Waals surface area contributed by atoms with Crippen molar-refractivity contribution in [2.24, 2.45) is 0 Å². The van der Waals surface area contributed by atoms with E-state index in [9.17, 15) is 4.79 Å². The Labute approximate surface area is 129 Å². The summed E-state index contributed by atoms with van der Waals surface area (Å²) in [6.07, 6.45) is 1.77. The Kier molecular flexibility index (Phi) is 2.93. The van der Waals surface area contributed by atoms with E-state index in [1.165, 1.54) is 0 Å². The summed E-state index contributed by atoms with van der Waals surface area (Å²) >= 11 is 0. The first kappa shape index (κ1) is 13.0. The Bertz CT molecular complexity index is 839. The van der Waals surface area contributed by atoms with Gasteiger partial charge in [0.1, 0.15) is 0 Å². The van der Waals surface area contributed by atoms with E-state index < -0.39 is 0 Å². The monoisotopic (exact) mass is 288 g/mol. The number of rotatable bonds is 2. The van der Waals surface area contributed by atoms with Crippen LogP contribution in [-0.4, -0.2) is 16.9 Å². The van der Waals surface area contributed by atoms with Crippen LogP contribution in [0.2, 0.25) is 0 Å². The Morgan fingerprint density at radius 2 is 1.73 bits per heavy atom. The first-order chi connectivity index (χ1) is 10.8. The quantitative estimate of drug-likeness (QED) is 0.673. The van der Waals surface area contributed by atoms with Crippen molar-refractivity contribution < 1.29 is 4.79 Å². The third kappa shape index (κ3) is 1.82. The van der Waals surface area contributed by atoms with E-state index in [1.807, 2.05) is 65.6 Å². The number of fused-ring (bicyclic) bond motifs is 1. The SMILES string of the molecule is C[C@H]1[C@H](c2ccccc2)C(=O)N1c1cccc2cccnc12. The summed E-state index contributed by atoms with van der Waals surface area (Å²) in [5.41, 5.74) is 2.88. The summed E-state index contributed by atoms with van der Waals surface area (Å²) in [5.74, 6) is 0.0945. The van der Waals surface area contributed by atoms with Gasteiger partial charge in [0, 0.05) is 17.6 Å². The molecular formula is C19H16N2O. The molecule has 0 unspecified atom stereocenters. The van der Waals surface area contributed by atoms with Gasteiger partial charge in [-0.1, -0.05) is 48.5 Å². The maximum absolute atomic E-state index is 12.7. The molecule has 3 nitrogen and oxygen atoms in total. The van der Waals surface area contributed by atoms with E-state index in [0.29, 0.717) is 0 Å². The zero-order valence-corrected chi connectivity index (χ0v) is 12.3. The van der Waals surface area contributed by atoms with Gasteiger partial charge in [-0.15, -0.1) is 0 Å². The van der Waals surface area contributed by atoms with Crippen LogP contribution in [0.5, 0.6) is 0 Å². The highest BCUT2D eigenvalue weighted by Crippen LogP contribution is 2.41. The Morgan fingerprint density at radius 1 is 0.955 bits per heavy atom. The molecule has 0 aliphatic carbocycles. The van der Waals surface area contributed by atoms with Crippen LogP contribution in [0, 0.1) is 0 Å². The molecule has 0 bridgehead atoms. The van der Waals surface area contributed by atoms with Gasteiger partial charge in [-0.05, 0) is 24.6 Å². The fourth-order valence-corrected chi connectivity index (χ4v) is 3.33. The second-order valence-electron chi connectivity index (χ2n) is 5.69. The van der Waals surface area contributed by atoms with E-state index >= 15 is 0 Å². The van der Waals surface area contributed by atoms with Crippen LogP contribution in [0.1, 0.15) is 18.4 Å². The van der Waals surface area contributed by atoms with Crippen LogP contribution in [-0.2, 0) is 4.79 Å². The van der Waals surface area contributed by atoms with Crippen LogP contribution < -0.4 is 4.90 Å². The highest BCUT2D eigenvalue weighted by Gasteiger charge is 2.46. The number of hydrogen-bond acceptors (Lipinski definition) is 2. The molecule has 108 valence electrons. The molecule has 1 aliphatic heterocycles. The molecule has 2 heterocycles. The number of para-hydroxylation sites is 1. The number of benzene rings is 2. The number of carbonyl (C=O) groups excluding carboxylic acids is 1. The largest absolute Gasteiger partial charge is 0.306 e. The Balaban J connectivity index is 1.74. The predicted octanol–water partition coefficient (Wildman–Crippen LogP) is 3.75. The fourth-order valence-electron chi connectivity index (χ4n) is 3.33. The van der Waals surface area contributed by atoms with Crippen LogP contribution in [0.3, 0.4) is 0 Å². The number of pyridine rings is 1. The van der Waals surface area contributed by atoms with Crippen molar-refractivity contribution in [3.05, 3.63) is 72.4 Å². The lowest BCUT2D eigenvalue weighted by molar-refractivity contribution is -0.126. The maximum atomic E-state index is 12.7. The van der Waals surface area contributed by atoms with Crippen molar-refractivity contribution in [1.82, 2.24) is 4.98 Å². The predicted molar refractivity (Wildman–Crippen MR) is 87.9 cm³/mol. The second-order valence-corrected chi connectivity index (χ2v) is 5.69. The number of aromatic nitrogens is 1. The van der Waals surface area contributed by atoms with Gasteiger partial charge in [0.2, 0.25) is 5.91 Å². The molecule has 0 N–H and O–H groups in total. The molecule has 0 saturated carbocycles. The minimum atomic E-state index is -0.0554. The molecule has 1 aromatic heterocycles. The lowest BCUT2D eigenvalue weighted by Crippen LogP contribution is -2.58. The van der Waals surface area contributed by atoms with Gasteiger partial charge in [0.05, 0.1) is 17.1 Å². The van der Waals surface area contributed by atoms with Crippen LogP contribution in [0.4, 0.5) is 5.69 Å². The van der Waals surface area contributed by atoms with Gasteiger partial charge >= 0.3 is 0 Å². The molecule has 1 aliphatic rings. The first-order valence-corrected chi connectivity index (χ1v) is 7.49. The number of β-lactam (4-membered cyclic amide) rings is 1. The van der Waals surface area contributed by atoms with Crippen molar-refractivity contribution >= 4 is 22.5 Å². The zero-order chi connectivity index (χ0) is 15.1. The topological polar surface area (TPSA) is 33.2 Å². The lowest BCUT2D eigenvalue weighted by Gasteiger charge is -2.45. The van der Waals surface area contributed by atoms with E-state index in [1.54, 1.807) is 6.20 Å². The zero-order valence-electron chi connectivity index (χ0n) is 12.3. The van der Waals surface area contributed by atoms with Gasteiger partial charge in [0.25, 0.3) is 0 Å². The van der Waals surface area contributed by atoms with Gasteiger partial charge in [-0.25, -0.2) is 0 Å². The van der Waals surface area contributed by atoms with Gasteiger partial charge in [-0.3, -0.25) is 9.78 Å². The highest BCUT2D eigenvalue weighted by atomic mass is 16.2. The average molecular weight is 288 g/mol. The summed E-state index contributed by atoms with van der Waals surface area (Å²) in [6, 6.07) is 20.1. The average Bonchev–Trinajstić information content (AvgIpc) is 2.56. The highest BCUT2D eigenvalue weighted by molar-refractivity contribution is 6.10. The molecule has 3 heteroatoms. The van der Waals surface area contributed by atoms with Crippen molar-refractivity contribution in [3.63, 3.8) is 0 Å². The number of carbonyl (C=O) groups is 1. The summed E-state index contributed by atoms with van der Waals surface area (Å²) in [6.45, 7) is 2.10. The third-order valence-electron chi connectivity index (χ3n) is 4.42. The minimum Gasteiger partial charge on any atom is -0.306 e. The molecule has 3 aromatic rings. The number of hydrogen-bond donors (Lipinski definition) is 0. The molecule has 2 atom stereocenters. The second kappa shape index (κ2) is 4.95. The summed E-state index contributed by atoms with van der Waals surface area (Å²) in [7, 11) is 0. The number of amides is 1. The van der Waals surface area contributed by atoms with Crippen molar-refractivity contribution in [1.29, 1.82) is 0 Å². The smallest absolute Gasteiger partial charge is 0.236 e. The van der Waals surface area contributed by atoms with E-state index in [2.05, 4.69) is 11.9 Å². The first-order valence-electron chi connectivity index (χ1n) is 7.49. The van der Waals surface area contributed by atoms with E-state index in [0.717, 1.165) is 22.2 Å². The van der Waals surface area contributed by atoms with Gasteiger partial charge < -0.3 is 4.90 Å². The summed E-state index contributed by atoms with van der Waals surface area (Å²) in [5, 5.41) is 1.06. The fraction of sp³-hybridized carbons (Fsp3) is 0.158. The third-order valence-corrected chi connectivity index (χ3v) is 4.42. The minimum absolute atomic E-state index is 0.0554. The summed E-state index contributed by atoms with van der Waals surface area (Å²) in [4.78, 5) is 19.0. The molecule has 1 fully saturated rings. The molecule has 1 amide bonds. The lowest BCUT2D eigenvalue weighted by atomic mass is 9.82. The van der Waals surface area contributed by atoms with Crippen molar-refractivity contribution in [3.8, 4) is 0 Å².